The van der Waals surface area contributed by atoms with Gasteiger partial charge in [-0.25, -0.2) is 8.42 Å². The van der Waals surface area contributed by atoms with Crippen LogP contribution in [-0.4, -0.2) is 50.5 Å². The van der Waals surface area contributed by atoms with Gasteiger partial charge in [0.25, 0.3) is 0 Å². The van der Waals surface area contributed by atoms with Crippen LogP contribution in [0.2, 0.25) is 5.02 Å². The van der Waals surface area contributed by atoms with Crippen LogP contribution in [-0.2, 0) is 32.6 Å². The molecule has 0 aliphatic rings. The van der Waals surface area contributed by atoms with E-state index in [1.54, 1.807) is 48.5 Å². The number of sulfonamides is 1. The number of rotatable bonds is 13. The lowest BCUT2D eigenvalue weighted by atomic mass is 10.0. The van der Waals surface area contributed by atoms with Crippen molar-refractivity contribution < 1.29 is 18.0 Å². The van der Waals surface area contributed by atoms with Gasteiger partial charge in [0.1, 0.15) is 12.6 Å². The van der Waals surface area contributed by atoms with Gasteiger partial charge in [0.15, 0.2) is 0 Å². The first-order valence-electron chi connectivity index (χ1n) is 12.7. The average molecular weight is 635 g/mol. The summed E-state index contributed by atoms with van der Waals surface area (Å²) in [5.74, 6) is -0.783. The van der Waals surface area contributed by atoms with E-state index in [4.69, 9.17) is 11.6 Å². The Morgan fingerprint density at radius 1 is 0.949 bits per heavy atom. The van der Waals surface area contributed by atoms with Gasteiger partial charge in [-0.05, 0) is 53.9 Å². The Bertz CT molecular complexity index is 1340. The zero-order valence-electron chi connectivity index (χ0n) is 22.0. The van der Waals surface area contributed by atoms with E-state index in [1.807, 2.05) is 37.3 Å². The number of nitrogens with zero attached hydrogens (tertiary/aromatic N) is 2. The van der Waals surface area contributed by atoms with Crippen LogP contribution in [0, 0.1) is 0 Å². The third kappa shape index (κ3) is 9.37. The average Bonchev–Trinajstić information content (AvgIpc) is 2.91. The van der Waals surface area contributed by atoms with Crippen LogP contribution in [0.3, 0.4) is 0 Å². The fraction of sp³-hybridized carbons (Fsp3) is 0.310. The van der Waals surface area contributed by atoms with Gasteiger partial charge in [0.05, 0.1) is 11.9 Å². The first-order chi connectivity index (χ1) is 18.6. The second kappa shape index (κ2) is 14.5. The number of carbonyl (C=O) groups excluding carboxylic acids is 2. The van der Waals surface area contributed by atoms with Crippen LogP contribution in [0.1, 0.15) is 30.9 Å². The SMILES string of the molecule is CCCCNC(=O)C(Cc1ccccc1)N(Cc1ccc(Cl)cc1)C(=O)CN(c1ccc(Br)cc1)S(C)(=O)=O. The van der Waals surface area contributed by atoms with Crippen molar-refractivity contribution in [3.8, 4) is 0 Å². The standard InChI is InChI=1S/C29H33BrClN3O4S/c1-3-4-18-32-29(36)27(19-22-8-6-5-7-9-22)33(20-23-10-14-25(31)15-11-23)28(35)21-34(39(2,37)38)26-16-12-24(30)13-17-26/h5-17,27H,3-4,18-21H2,1-2H3,(H,32,36). The molecule has 0 fully saturated rings. The Morgan fingerprint density at radius 3 is 2.18 bits per heavy atom. The van der Waals surface area contributed by atoms with Crippen molar-refractivity contribution in [1.82, 2.24) is 10.2 Å². The maximum atomic E-state index is 14.0. The summed E-state index contributed by atoms with van der Waals surface area (Å²) in [6.07, 6.45) is 3.05. The fourth-order valence-electron chi connectivity index (χ4n) is 4.07. The number of hydrogen-bond donors (Lipinski definition) is 1. The Balaban J connectivity index is 2.01. The van der Waals surface area contributed by atoms with Gasteiger partial charge >= 0.3 is 0 Å². The maximum Gasteiger partial charge on any atom is 0.244 e. The third-order valence-electron chi connectivity index (χ3n) is 6.16. The van der Waals surface area contributed by atoms with Crippen molar-refractivity contribution in [1.29, 1.82) is 0 Å². The Kier molecular flexibility index (Phi) is 11.4. The first kappa shape index (κ1) is 30.7. The molecular weight excluding hydrogens is 602 g/mol. The molecule has 3 aromatic carbocycles. The lowest BCUT2D eigenvalue weighted by molar-refractivity contribution is -0.140. The Morgan fingerprint density at radius 2 is 1.59 bits per heavy atom. The molecule has 0 aliphatic carbocycles. The van der Waals surface area contributed by atoms with Gasteiger partial charge in [-0.15, -0.1) is 0 Å². The summed E-state index contributed by atoms with van der Waals surface area (Å²) in [6, 6.07) is 22.3. The highest BCUT2D eigenvalue weighted by atomic mass is 79.9. The van der Waals surface area contributed by atoms with E-state index in [1.165, 1.54) is 4.90 Å². The summed E-state index contributed by atoms with van der Waals surface area (Å²) in [5, 5.41) is 3.51. The quantitative estimate of drug-likeness (QED) is 0.254. The van der Waals surface area contributed by atoms with Crippen molar-refractivity contribution in [2.24, 2.45) is 0 Å². The van der Waals surface area contributed by atoms with E-state index in [0.29, 0.717) is 17.3 Å². The van der Waals surface area contributed by atoms with Crippen molar-refractivity contribution in [3.05, 3.63) is 99.5 Å². The van der Waals surface area contributed by atoms with Crippen LogP contribution >= 0.6 is 27.5 Å². The molecule has 1 unspecified atom stereocenters. The second-order valence-electron chi connectivity index (χ2n) is 9.24. The fourth-order valence-corrected chi connectivity index (χ4v) is 5.31. The Hall–Kier alpha value is -2.88. The number of benzene rings is 3. The molecular formula is C29H33BrClN3O4S. The molecule has 7 nitrogen and oxygen atoms in total. The van der Waals surface area contributed by atoms with Crippen LogP contribution in [0.4, 0.5) is 5.69 Å². The number of amides is 2. The summed E-state index contributed by atoms with van der Waals surface area (Å²) in [5.41, 5.74) is 2.00. The molecule has 3 aromatic rings. The van der Waals surface area contributed by atoms with Crippen molar-refractivity contribution in [3.63, 3.8) is 0 Å². The van der Waals surface area contributed by atoms with E-state index in [2.05, 4.69) is 21.2 Å². The highest BCUT2D eigenvalue weighted by Crippen LogP contribution is 2.23. The zero-order valence-corrected chi connectivity index (χ0v) is 25.2. The largest absolute Gasteiger partial charge is 0.354 e. The second-order valence-corrected chi connectivity index (χ2v) is 12.5. The minimum Gasteiger partial charge on any atom is -0.354 e. The van der Waals surface area contributed by atoms with E-state index in [9.17, 15) is 18.0 Å². The first-order valence-corrected chi connectivity index (χ1v) is 15.7. The summed E-state index contributed by atoms with van der Waals surface area (Å²) in [6.45, 7) is 2.16. The lowest BCUT2D eigenvalue weighted by Gasteiger charge is -2.33. The molecule has 1 atom stereocenters. The number of anilines is 1. The number of unbranched alkanes of at least 4 members (excludes halogenated alkanes) is 1. The molecule has 3 rings (SSSR count). The van der Waals surface area contributed by atoms with Crippen molar-refractivity contribution >= 4 is 55.1 Å². The van der Waals surface area contributed by atoms with E-state index >= 15 is 0 Å². The molecule has 0 saturated heterocycles. The van der Waals surface area contributed by atoms with E-state index in [-0.39, 0.29) is 18.9 Å². The summed E-state index contributed by atoms with van der Waals surface area (Å²) >= 11 is 9.44. The van der Waals surface area contributed by atoms with Gasteiger partial charge in [-0.1, -0.05) is 83.3 Å². The van der Waals surface area contributed by atoms with Gasteiger partial charge in [-0.2, -0.15) is 0 Å². The highest BCUT2D eigenvalue weighted by Gasteiger charge is 2.32. The van der Waals surface area contributed by atoms with E-state index in [0.717, 1.165) is 39.0 Å². The molecule has 0 spiro atoms. The predicted octanol–water partition coefficient (Wildman–Crippen LogP) is 5.42. The molecule has 208 valence electrons. The zero-order chi connectivity index (χ0) is 28.4. The van der Waals surface area contributed by atoms with Gasteiger partial charge in [0, 0.05) is 29.0 Å². The molecule has 0 aromatic heterocycles. The third-order valence-corrected chi connectivity index (χ3v) is 8.08. The predicted molar refractivity (Wildman–Crippen MR) is 160 cm³/mol. The highest BCUT2D eigenvalue weighted by molar-refractivity contribution is 9.10. The minimum absolute atomic E-state index is 0.104. The summed E-state index contributed by atoms with van der Waals surface area (Å²) in [4.78, 5) is 29.0. The van der Waals surface area contributed by atoms with Crippen LogP contribution in [0.25, 0.3) is 0 Å². The molecule has 0 aliphatic heterocycles. The maximum absolute atomic E-state index is 14.0. The van der Waals surface area contributed by atoms with Crippen LogP contribution in [0.15, 0.2) is 83.3 Å². The molecule has 0 saturated carbocycles. The number of hydrogen-bond acceptors (Lipinski definition) is 4. The topological polar surface area (TPSA) is 86.8 Å². The smallest absolute Gasteiger partial charge is 0.244 e. The minimum atomic E-state index is -3.81. The summed E-state index contributed by atoms with van der Waals surface area (Å²) in [7, 11) is -3.81. The molecule has 39 heavy (non-hydrogen) atoms. The van der Waals surface area contributed by atoms with E-state index < -0.39 is 28.5 Å². The van der Waals surface area contributed by atoms with Crippen LogP contribution < -0.4 is 9.62 Å². The van der Waals surface area contributed by atoms with Gasteiger partial charge in [0.2, 0.25) is 21.8 Å². The van der Waals surface area contributed by atoms with Crippen molar-refractivity contribution in [2.75, 3.05) is 23.7 Å². The number of carbonyl (C=O) groups is 2. The molecule has 0 radical (unpaired) electrons. The molecule has 0 bridgehead atoms. The molecule has 0 heterocycles. The number of halogens is 2. The normalized spacial score (nSPS) is 12.0. The van der Waals surface area contributed by atoms with Gasteiger partial charge in [-0.3, -0.25) is 13.9 Å². The lowest BCUT2D eigenvalue weighted by Crippen LogP contribution is -2.53. The molecule has 2 amide bonds. The molecule has 1 N–H and O–H groups in total. The molecule has 10 heteroatoms. The number of nitrogens with one attached hydrogen (secondary N) is 1. The van der Waals surface area contributed by atoms with Crippen molar-refractivity contribution in [2.45, 2.75) is 38.8 Å². The van der Waals surface area contributed by atoms with Crippen LogP contribution in [0.5, 0.6) is 0 Å². The monoisotopic (exact) mass is 633 g/mol. The van der Waals surface area contributed by atoms with Gasteiger partial charge < -0.3 is 10.2 Å². The Labute approximate surface area is 244 Å². The summed E-state index contributed by atoms with van der Waals surface area (Å²) < 4.78 is 27.4.